The van der Waals surface area contributed by atoms with Gasteiger partial charge in [-0.1, -0.05) is 30.3 Å². The molecule has 0 saturated carbocycles. The van der Waals surface area contributed by atoms with Gasteiger partial charge in [0.15, 0.2) is 0 Å². The van der Waals surface area contributed by atoms with Crippen LogP contribution in [-0.2, 0) is 6.54 Å². The van der Waals surface area contributed by atoms with Crippen LogP contribution in [0.25, 0.3) is 10.9 Å². The van der Waals surface area contributed by atoms with Crippen molar-refractivity contribution in [2.24, 2.45) is 11.5 Å². The lowest BCUT2D eigenvalue weighted by molar-refractivity contribution is 0.0992. The first-order chi connectivity index (χ1) is 12.0. The topological polar surface area (TPSA) is 111 Å². The zero-order valence-corrected chi connectivity index (χ0v) is 13.7. The number of carbonyl (C=O) groups is 2. The van der Waals surface area contributed by atoms with Crippen molar-refractivity contribution in [1.29, 1.82) is 0 Å². The van der Waals surface area contributed by atoms with Crippen LogP contribution >= 0.6 is 0 Å². The highest BCUT2D eigenvalue weighted by molar-refractivity contribution is 6.07. The van der Waals surface area contributed by atoms with E-state index in [4.69, 9.17) is 11.5 Å². The number of nitrogens with zero attached hydrogens (tertiary/aromatic N) is 1. The molecule has 0 aliphatic heterocycles. The minimum absolute atomic E-state index is 0.377. The Morgan fingerprint density at radius 2 is 1.68 bits per heavy atom. The number of primary amides is 2. The van der Waals surface area contributed by atoms with E-state index in [2.05, 4.69) is 10.3 Å². The summed E-state index contributed by atoms with van der Waals surface area (Å²) in [5, 5.41) is 4.10. The largest absolute Gasteiger partial charge is 0.380 e. The Kier molecular flexibility index (Phi) is 4.35. The quantitative estimate of drug-likeness (QED) is 0.665. The Labute approximate surface area is 144 Å². The third-order valence-corrected chi connectivity index (χ3v) is 3.99. The summed E-state index contributed by atoms with van der Waals surface area (Å²) in [7, 11) is 0. The molecule has 0 fully saturated rings. The standard InChI is InChI=1S/C19H18N4O2/c1-11-9-16(14-7-4-8-15(19(21)25)17(14)23-11)22-10-12-5-2-3-6-13(12)18(20)24/h2-9H,10H2,1H3,(H2,20,24)(H2,21,25)(H,22,23). The first kappa shape index (κ1) is 16.4. The van der Waals surface area contributed by atoms with Gasteiger partial charge in [-0.05, 0) is 30.7 Å². The van der Waals surface area contributed by atoms with Gasteiger partial charge in [0.1, 0.15) is 0 Å². The van der Waals surface area contributed by atoms with Crippen molar-refractivity contribution in [2.75, 3.05) is 5.32 Å². The number of aryl methyl sites for hydroxylation is 1. The van der Waals surface area contributed by atoms with Crippen molar-refractivity contribution in [3.8, 4) is 0 Å². The highest BCUT2D eigenvalue weighted by atomic mass is 16.1. The van der Waals surface area contributed by atoms with Crippen LogP contribution in [0.15, 0.2) is 48.5 Å². The molecule has 0 atom stereocenters. The molecule has 6 heteroatoms. The number of amides is 2. The van der Waals surface area contributed by atoms with Gasteiger partial charge in [-0.25, -0.2) is 0 Å². The maximum absolute atomic E-state index is 11.6. The van der Waals surface area contributed by atoms with E-state index in [1.807, 2.05) is 31.2 Å². The molecule has 1 aromatic heterocycles. The van der Waals surface area contributed by atoms with Crippen LogP contribution in [0.4, 0.5) is 5.69 Å². The van der Waals surface area contributed by atoms with Crippen LogP contribution in [0.1, 0.15) is 32.0 Å². The molecule has 0 bridgehead atoms. The Hall–Kier alpha value is -3.41. The summed E-state index contributed by atoms with van der Waals surface area (Å²) >= 11 is 0. The van der Waals surface area contributed by atoms with E-state index in [1.165, 1.54) is 0 Å². The molecular weight excluding hydrogens is 316 g/mol. The first-order valence-corrected chi connectivity index (χ1v) is 7.79. The van der Waals surface area contributed by atoms with E-state index in [-0.39, 0.29) is 0 Å². The van der Waals surface area contributed by atoms with Gasteiger partial charge < -0.3 is 16.8 Å². The fourth-order valence-corrected chi connectivity index (χ4v) is 2.83. The number of nitrogens with two attached hydrogens (primary N) is 2. The molecule has 126 valence electrons. The van der Waals surface area contributed by atoms with Gasteiger partial charge in [-0.15, -0.1) is 0 Å². The highest BCUT2D eigenvalue weighted by Crippen LogP contribution is 2.26. The van der Waals surface area contributed by atoms with Crippen LogP contribution in [0, 0.1) is 6.92 Å². The summed E-state index contributed by atoms with van der Waals surface area (Å²) in [5.41, 5.74) is 14.6. The Balaban J connectivity index is 2.02. The Bertz CT molecular complexity index is 982. The fourth-order valence-electron chi connectivity index (χ4n) is 2.83. The third kappa shape index (κ3) is 3.28. The number of hydrogen-bond acceptors (Lipinski definition) is 4. The minimum Gasteiger partial charge on any atom is -0.380 e. The number of para-hydroxylation sites is 1. The molecule has 1 heterocycles. The number of aromatic nitrogens is 1. The number of hydrogen-bond donors (Lipinski definition) is 3. The van der Waals surface area contributed by atoms with E-state index in [1.54, 1.807) is 24.3 Å². The average molecular weight is 334 g/mol. The number of nitrogens with one attached hydrogen (secondary N) is 1. The van der Waals surface area contributed by atoms with Crippen LogP contribution in [-0.4, -0.2) is 16.8 Å². The monoisotopic (exact) mass is 334 g/mol. The fraction of sp³-hybridized carbons (Fsp3) is 0.105. The van der Waals surface area contributed by atoms with Crippen molar-refractivity contribution < 1.29 is 9.59 Å². The van der Waals surface area contributed by atoms with Gasteiger partial charge in [0.05, 0.1) is 11.1 Å². The van der Waals surface area contributed by atoms with Crippen LogP contribution < -0.4 is 16.8 Å². The molecule has 0 aliphatic rings. The van der Waals surface area contributed by atoms with Crippen LogP contribution in [0.3, 0.4) is 0 Å². The molecule has 25 heavy (non-hydrogen) atoms. The van der Waals surface area contributed by atoms with E-state index < -0.39 is 11.8 Å². The zero-order valence-electron chi connectivity index (χ0n) is 13.7. The lowest BCUT2D eigenvalue weighted by atomic mass is 10.1. The molecule has 2 amide bonds. The van der Waals surface area contributed by atoms with E-state index >= 15 is 0 Å². The maximum atomic E-state index is 11.6. The van der Waals surface area contributed by atoms with E-state index in [0.717, 1.165) is 22.3 Å². The van der Waals surface area contributed by atoms with Crippen molar-refractivity contribution in [1.82, 2.24) is 4.98 Å². The molecule has 0 aliphatic carbocycles. The first-order valence-electron chi connectivity index (χ1n) is 7.79. The number of benzene rings is 2. The summed E-state index contributed by atoms with van der Waals surface area (Å²) < 4.78 is 0. The SMILES string of the molecule is Cc1cc(NCc2ccccc2C(N)=O)c2cccc(C(N)=O)c2n1. The second-order valence-electron chi connectivity index (χ2n) is 5.75. The smallest absolute Gasteiger partial charge is 0.250 e. The minimum atomic E-state index is -0.520. The Morgan fingerprint density at radius 1 is 1.00 bits per heavy atom. The number of anilines is 1. The van der Waals surface area contributed by atoms with E-state index in [9.17, 15) is 9.59 Å². The molecular formula is C19H18N4O2. The molecule has 2 aromatic carbocycles. The second-order valence-corrected chi connectivity index (χ2v) is 5.75. The molecule has 3 aromatic rings. The normalized spacial score (nSPS) is 10.6. The zero-order chi connectivity index (χ0) is 18.0. The van der Waals surface area contributed by atoms with Crippen molar-refractivity contribution >= 4 is 28.4 Å². The number of fused-ring (bicyclic) bond motifs is 1. The van der Waals surface area contributed by atoms with Crippen LogP contribution in [0.5, 0.6) is 0 Å². The van der Waals surface area contributed by atoms with Crippen LogP contribution in [0.2, 0.25) is 0 Å². The van der Waals surface area contributed by atoms with Crippen molar-refractivity contribution in [2.45, 2.75) is 13.5 Å². The van der Waals surface area contributed by atoms with Crippen molar-refractivity contribution in [3.63, 3.8) is 0 Å². The van der Waals surface area contributed by atoms with Gasteiger partial charge in [-0.3, -0.25) is 14.6 Å². The summed E-state index contributed by atoms with van der Waals surface area (Å²) in [6, 6.07) is 14.3. The van der Waals surface area contributed by atoms with E-state index in [0.29, 0.717) is 23.2 Å². The molecule has 0 unspecified atom stereocenters. The number of pyridine rings is 1. The molecule has 3 rings (SSSR count). The van der Waals surface area contributed by atoms with Crippen molar-refractivity contribution in [3.05, 3.63) is 70.9 Å². The number of rotatable bonds is 5. The molecule has 5 N–H and O–H groups in total. The Morgan fingerprint density at radius 3 is 2.40 bits per heavy atom. The molecule has 0 radical (unpaired) electrons. The highest BCUT2D eigenvalue weighted by Gasteiger charge is 2.12. The molecule has 0 spiro atoms. The second kappa shape index (κ2) is 6.60. The third-order valence-electron chi connectivity index (χ3n) is 3.99. The molecule has 0 saturated heterocycles. The lowest BCUT2D eigenvalue weighted by Gasteiger charge is -2.13. The lowest BCUT2D eigenvalue weighted by Crippen LogP contribution is -2.15. The maximum Gasteiger partial charge on any atom is 0.250 e. The van der Waals surface area contributed by atoms with Gasteiger partial charge in [-0.2, -0.15) is 0 Å². The van der Waals surface area contributed by atoms with Gasteiger partial charge >= 0.3 is 0 Å². The summed E-state index contributed by atoms with van der Waals surface area (Å²) in [6.45, 7) is 2.26. The number of carbonyl (C=O) groups excluding carboxylic acids is 2. The van der Waals surface area contributed by atoms with Gasteiger partial charge in [0.25, 0.3) is 5.91 Å². The predicted molar refractivity (Wildman–Crippen MR) is 97.3 cm³/mol. The average Bonchev–Trinajstić information content (AvgIpc) is 2.59. The van der Waals surface area contributed by atoms with Gasteiger partial charge in [0, 0.05) is 28.9 Å². The summed E-state index contributed by atoms with van der Waals surface area (Å²) in [5.74, 6) is -0.988. The van der Waals surface area contributed by atoms with Gasteiger partial charge in [0.2, 0.25) is 5.91 Å². The molecule has 6 nitrogen and oxygen atoms in total. The summed E-state index contributed by atoms with van der Waals surface area (Å²) in [6.07, 6.45) is 0. The predicted octanol–water partition coefficient (Wildman–Crippen LogP) is 2.35. The summed E-state index contributed by atoms with van der Waals surface area (Å²) in [4.78, 5) is 27.6.